The Morgan fingerprint density at radius 2 is 1.88 bits per heavy atom. The molecule has 0 unspecified atom stereocenters. The van der Waals surface area contributed by atoms with E-state index in [0.29, 0.717) is 18.5 Å². The molecule has 1 aromatic heterocycles. The lowest BCUT2D eigenvalue weighted by Crippen LogP contribution is -2.31. The van der Waals surface area contributed by atoms with E-state index in [4.69, 9.17) is 4.74 Å². The number of fused-ring (bicyclic) bond motifs is 1. The fourth-order valence-electron chi connectivity index (χ4n) is 3.03. The number of anilines is 1. The van der Waals surface area contributed by atoms with Crippen molar-refractivity contribution in [3.05, 3.63) is 70.5 Å². The molecule has 0 bridgehead atoms. The molecule has 3 aromatic rings. The molecule has 0 radical (unpaired) electrons. The Morgan fingerprint density at radius 3 is 2.58 bits per heavy atom. The van der Waals surface area contributed by atoms with Crippen LogP contribution in [0.15, 0.2) is 59.4 Å². The maximum absolute atomic E-state index is 12.6. The smallest absolute Gasteiger partial charge is 0.251 e. The summed E-state index contributed by atoms with van der Waals surface area (Å²) in [4.78, 5) is 29.5. The SMILES string of the molecule is CCN(C(=O)CCc1cc2cc(OC)ccc2[nH]c1=O)c1ccccc1. The Labute approximate surface area is 152 Å². The molecular formula is C21H22N2O3. The third kappa shape index (κ3) is 3.77. The van der Waals surface area contributed by atoms with Crippen molar-refractivity contribution in [2.75, 3.05) is 18.6 Å². The molecule has 26 heavy (non-hydrogen) atoms. The number of aromatic nitrogens is 1. The van der Waals surface area contributed by atoms with Crippen LogP contribution >= 0.6 is 0 Å². The number of aryl methyl sites for hydroxylation is 1. The molecule has 0 aliphatic carbocycles. The standard InChI is InChI=1S/C21H22N2O3/c1-3-23(17-7-5-4-6-8-17)20(24)12-9-15-13-16-14-18(26-2)10-11-19(16)22-21(15)25/h4-8,10-11,13-14H,3,9,12H2,1-2H3,(H,22,25). The number of ether oxygens (including phenoxy) is 1. The lowest BCUT2D eigenvalue weighted by atomic mass is 10.1. The quantitative estimate of drug-likeness (QED) is 0.740. The van der Waals surface area contributed by atoms with E-state index in [0.717, 1.165) is 22.3 Å². The predicted molar refractivity (Wildman–Crippen MR) is 104 cm³/mol. The van der Waals surface area contributed by atoms with Gasteiger partial charge in [0.05, 0.1) is 7.11 Å². The number of rotatable bonds is 6. The minimum absolute atomic E-state index is 0.00355. The number of H-pyrrole nitrogens is 1. The van der Waals surface area contributed by atoms with Crippen molar-refractivity contribution < 1.29 is 9.53 Å². The van der Waals surface area contributed by atoms with Crippen LogP contribution in [-0.2, 0) is 11.2 Å². The van der Waals surface area contributed by atoms with E-state index in [-0.39, 0.29) is 17.9 Å². The van der Waals surface area contributed by atoms with Gasteiger partial charge in [-0.2, -0.15) is 0 Å². The van der Waals surface area contributed by atoms with Gasteiger partial charge in [0.1, 0.15) is 5.75 Å². The van der Waals surface area contributed by atoms with Gasteiger partial charge in [-0.15, -0.1) is 0 Å². The Balaban J connectivity index is 1.79. The van der Waals surface area contributed by atoms with Crippen LogP contribution in [0.25, 0.3) is 10.9 Å². The number of nitrogens with zero attached hydrogens (tertiary/aromatic N) is 1. The van der Waals surface area contributed by atoms with Crippen LogP contribution in [0.4, 0.5) is 5.69 Å². The van der Waals surface area contributed by atoms with Gasteiger partial charge >= 0.3 is 0 Å². The molecule has 3 rings (SSSR count). The van der Waals surface area contributed by atoms with Gasteiger partial charge in [-0.25, -0.2) is 0 Å². The molecule has 0 aliphatic heterocycles. The van der Waals surface area contributed by atoms with Crippen molar-refractivity contribution >= 4 is 22.5 Å². The fourth-order valence-corrected chi connectivity index (χ4v) is 3.03. The average molecular weight is 350 g/mol. The predicted octanol–water partition coefficient (Wildman–Crippen LogP) is 3.52. The highest BCUT2D eigenvalue weighted by molar-refractivity contribution is 5.93. The van der Waals surface area contributed by atoms with Gasteiger partial charge in [0.15, 0.2) is 0 Å². The van der Waals surface area contributed by atoms with Gasteiger partial charge in [-0.1, -0.05) is 18.2 Å². The molecule has 0 aliphatic rings. The Morgan fingerprint density at radius 1 is 1.12 bits per heavy atom. The third-order valence-electron chi connectivity index (χ3n) is 4.42. The van der Waals surface area contributed by atoms with Gasteiger partial charge in [0.25, 0.3) is 5.56 Å². The average Bonchev–Trinajstić information content (AvgIpc) is 2.67. The van der Waals surface area contributed by atoms with E-state index in [2.05, 4.69) is 4.98 Å². The van der Waals surface area contributed by atoms with Crippen LogP contribution in [0, 0.1) is 0 Å². The summed E-state index contributed by atoms with van der Waals surface area (Å²) in [5.74, 6) is 0.733. The molecule has 5 nitrogen and oxygen atoms in total. The zero-order valence-corrected chi connectivity index (χ0v) is 15.0. The summed E-state index contributed by atoms with van der Waals surface area (Å²) in [6, 6.07) is 16.9. The molecule has 0 spiro atoms. The fraction of sp³-hybridized carbons (Fsp3) is 0.238. The maximum Gasteiger partial charge on any atom is 0.251 e. The number of methoxy groups -OCH3 is 1. The minimum Gasteiger partial charge on any atom is -0.497 e. The molecule has 134 valence electrons. The molecule has 1 heterocycles. The van der Waals surface area contributed by atoms with Gasteiger partial charge < -0.3 is 14.6 Å². The first kappa shape index (κ1) is 17.7. The third-order valence-corrected chi connectivity index (χ3v) is 4.42. The Bertz CT molecular complexity index is 964. The van der Waals surface area contributed by atoms with Crippen molar-refractivity contribution in [2.24, 2.45) is 0 Å². The Hall–Kier alpha value is -3.08. The lowest BCUT2D eigenvalue weighted by molar-refractivity contribution is -0.118. The molecule has 0 saturated heterocycles. The summed E-state index contributed by atoms with van der Waals surface area (Å²) < 4.78 is 5.23. The van der Waals surface area contributed by atoms with Crippen LogP contribution < -0.4 is 15.2 Å². The highest BCUT2D eigenvalue weighted by Gasteiger charge is 2.14. The molecule has 0 fully saturated rings. The number of carbonyl (C=O) groups is 1. The van der Waals surface area contributed by atoms with Crippen molar-refractivity contribution in [1.29, 1.82) is 0 Å². The number of hydrogen-bond acceptors (Lipinski definition) is 3. The number of nitrogens with one attached hydrogen (secondary N) is 1. The van der Waals surface area contributed by atoms with Gasteiger partial charge in [0.2, 0.25) is 5.91 Å². The van der Waals surface area contributed by atoms with Crippen LogP contribution in [0.2, 0.25) is 0 Å². The van der Waals surface area contributed by atoms with Gasteiger partial charge in [-0.3, -0.25) is 9.59 Å². The van der Waals surface area contributed by atoms with Crippen LogP contribution in [0.1, 0.15) is 18.9 Å². The van der Waals surface area contributed by atoms with E-state index in [9.17, 15) is 9.59 Å². The number of hydrogen-bond donors (Lipinski definition) is 1. The van der Waals surface area contributed by atoms with E-state index in [1.807, 2.05) is 55.5 Å². The largest absolute Gasteiger partial charge is 0.497 e. The second-order valence-corrected chi connectivity index (χ2v) is 6.05. The van der Waals surface area contributed by atoms with Crippen LogP contribution in [0.5, 0.6) is 5.75 Å². The first-order valence-corrected chi connectivity index (χ1v) is 8.67. The van der Waals surface area contributed by atoms with Crippen LogP contribution in [0.3, 0.4) is 0 Å². The molecule has 5 heteroatoms. The summed E-state index contributed by atoms with van der Waals surface area (Å²) >= 11 is 0. The highest BCUT2D eigenvalue weighted by Crippen LogP contribution is 2.20. The van der Waals surface area contributed by atoms with E-state index >= 15 is 0 Å². The van der Waals surface area contributed by atoms with E-state index in [1.165, 1.54) is 0 Å². The highest BCUT2D eigenvalue weighted by atomic mass is 16.5. The lowest BCUT2D eigenvalue weighted by Gasteiger charge is -2.21. The molecule has 1 amide bonds. The van der Waals surface area contributed by atoms with Crippen LogP contribution in [-0.4, -0.2) is 24.5 Å². The number of aromatic amines is 1. The normalized spacial score (nSPS) is 10.7. The zero-order valence-electron chi connectivity index (χ0n) is 15.0. The number of para-hydroxylation sites is 1. The number of benzene rings is 2. The first-order chi connectivity index (χ1) is 12.6. The number of pyridine rings is 1. The summed E-state index contributed by atoms with van der Waals surface area (Å²) in [5, 5.41) is 0.891. The molecular weight excluding hydrogens is 328 g/mol. The molecule has 0 atom stereocenters. The van der Waals surface area contributed by atoms with Gasteiger partial charge in [-0.05, 0) is 49.7 Å². The van der Waals surface area contributed by atoms with E-state index in [1.54, 1.807) is 18.1 Å². The first-order valence-electron chi connectivity index (χ1n) is 8.67. The Kier molecular flexibility index (Phi) is 5.37. The molecule has 2 aromatic carbocycles. The van der Waals surface area contributed by atoms with Crippen molar-refractivity contribution in [3.63, 3.8) is 0 Å². The van der Waals surface area contributed by atoms with Crippen molar-refractivity contribution in [3.8, 4) is 5.75 Å². The topological polar surface area (TPSA) is 62.4 Å². The van der Waals surface area contributed by atoms with Crippen molar-refractivity contribution in [1.82, 2.24) is 4.98 Å². The summed E-state index contributed by atoms with van der Waals surface area (Å²) in [6.07, 6.45) is 0.673. The number of amides is 1. The summed E-state index contributed by atoms with van der Waals surface area (Å²) in [7, 11) is 1.61. The maximum atomic E-state index is 12.6. The molecule has 0 saturated carbocycles. The van der Waals surface area contributed by atoms with Crippen molar-refractivity contribution in [2.45, 2.75) is 19.8 Å². The van der Waals surface area contributed by atoms with Gasteiger partial charge in [0, 0.05) is 35.1 Å². The zero-order chi connectivity index (χ0) is 18.5. The minimum atomic E-state index is -0.154. The monoisotopic (exact) mass is 350 g/mol. The second kappa shape index (κ2) is 7.87. The summed E-state index contributed by atoms with van der Waals surface area (Å²) in [5.41, 5.74) is 2.07. The molecule has 1 N–H and O–H groups in total. The summed E-state index contributed by atoms with van der Waals surface area (Å²) in [6.45, 7) is 2.54. The van der Waals surface area contributed by atoms with E-state index < -0.39 is 0 Å². The second-order valence-electron chi connectivity index (χ2n) is 6.05. The number of carbonyl (C=O) groups excluding carboxylic acids is 1.